The largest absolute Gasteiger partial charge is 0.353 e. The fourth-order valence-corrected chi connectivity index (χ4v) is 4.72. The zero-order chi connectivity index (χ0) is 31.1. The molecule has 0 heterocycles. The number of hydrogen-bond donors (Lipinski definition) is 5. The van der Waals surface area contributed by atoms with Gasteiger partial charge in [-0.3, -0.25) is 24.0 Å². The smallest absolute Gasteiger partial charge is 0.220 e. The van der Waals surface area contributed by atoms with E-state index in [-0.39, 0.29) is 65.4 Å². The number of amides is 2. The SMILES string of the molecule is CC(C)(C)NC(CCC(=O)NCC(=O)I)C(=O)C(C)(C)C(C)(C)NC(CCC(=O)NC1CCC1)C(=O)C(C)(C)N. The number of carbonyl (C=O) groups excluding carboxylic acids is 5. The standard InChI is InChI=1S/C29H52IN5O5/c1-26(2,3)34-19(13-15-22(37)32-17-21(30)36)24(39)27(4,5)29(8,9)35-20(25(40)28(6,7)31)14-16-23(38)33-18-11-10-12-18/h18-20,34-35H,10-17,31H2,1-9H3,(H,32,37)(H,33,38). The Morgan fingerprint density at radius 2 is 1.30 bits per heavy atom. The summed E-state index contributed by atoms with van der Waals surface area (Å²) in [7, 11) is 0. The molecule has 0 radical (unpaired) electrons. The van der Waals surface area contributed by atoms with Crippen molar-refractivity contribution in [2.24, 2.45) is 11.1 Å². The Balaban J connectivity index is 3.11. The molecule has 1 aliphatic carbocycles. The van der Waals surface area contributed by atoms with Crippen molar-refractivity contribution in [2.75, 3.05) is 6.54 Å². The van der Waals surface area contributed by atoms with Crippen LogP contribution in [0, 0.1) is 5.41 Å². The van der Waals surface area contributed by atoms with Gasteiger partial charge in [0.1, 0.15) is 0 Å². The van der Waals surface area contributed by atoms with E-state index in [2.05, 4.69) is 21.3 Å². The summed E-state index contributed by atoms with van der Waals surface area (Å²) >= 11 is 1.62. The molecular weight excluding hydrogens is 625 g/mol. The second-order valence-electron chi connectivity index (χ2n) is 13.7. The molecule has 230 valence electrons. The molecule has 0 aliphatic heterocycles. The molecule has 0 saturated heterocycles. The minimum atomic E-state index is -1.13. The maximum atomic E-state index is 14.1. The van der Waals surface area contributed by atoms with Gasteiger partial charge in [0.15, 0.2) is 11.6 Å². The van der Waals surface area contributed by atoms with Gasteiger partial charge in [0, 0.05) is 58.0 Å². The average molecular weight is 678 g/mol. The molecule has 10 nitrogen and oxygen atoms in total. The highest BCUT2D eigenvalue weighted by atomic mass is 127. The number of Topliss-reactive ketones (excluding diaryl/α,β-unsaturated/α-hetero) is 2. The fraction of sp³-hybridized carbons (Fsp3) is 0.828. The van der Waals surface area contributed by atoms with Crippen LogP contribution in [0.2, 0.25) is 0 Å². The summed E-state index contributed by atoms with van der Waals surface area (Å²) < 4.78 is -0.175. The van der Waals surface area contributed by atoms with Crippen molar-refractivity contribution in [2.45, 2.75) is 142 Å². The summed E-state index contributed by atoms with van der Waals surface area (Å²) in [5.74, 6) is -0.737. The van der Waals surface area contributed by atoms with Crippen LogP contribution in [0.1, 0.15) is 107 Å². The molecule has 0 aromatic heterocycles. The van der Waals surface area contributed by atoms with Crippen LogP contribution in [0.25, 0.3) is 0 Å². The predicted molar refractivity (Wildman–Crippen MR) is 166 cm³/mol. The summed E-state index contributed by atoms with van der Waals surface area (Å²) in [6.07, 6.45) is 3.82. The monoisotopic (exact) mass is 677 g/mol. The lowest BCUT2D eigenvalue weighted by Gasteiger charge is -2.46. The van der Waals surface area contributed by atoms with Crippen LogP contribution < -0.4 is 27.0 Å². The lowest BCUT2D eigenvalue weighted by Crippen LogP contribution is -2.65. The Hall–Kier alpha value is -1.44. The van der Waals surface area contributed by atoms with Gasteiger partial charge in [0.2, 0.25) is 15.6 Å². The van der Waals surface area contributed by atoms with Crippen LogP contribution in [-0.2, 0) is 24.0 Å². The third-order valence-electron chi connectivity index (χ3n) is 7.80. The summed E-state index contributed by atoms with van der Waals surface area (Å²) in [6.45, 7) is 16.5. The van der Waals surface area contributed by atoms with Crippen LogP contribution >= 0.6 is 22.6 Å². The third-order valence-corrected chi connectivity index (χ3v) is 8.19. The van der Waals surface area contributed by atoms with Gasteiger partial charge in [-0.1, -0.05) is 13.8 Å². The van der Waals surface area contributed by atoms with Crippen molar-refractivity contribution in [3.63, 3.8) is 0 Å². The van der Waals surface area contributed by atoms with E-state index in [9.17, 15) is 24.0 Å². The molecule has 1 fully saturated rings. The Bertz CT molecular complexity index is 932. The molecule has 0 aromatic rings. The van der Waals surface area contributed by atoms with Crippen molar-refractivity contribution >= 4 is 49.8 Å². The van der Waals surface area contributed by atoms with E-state index in [1.54, 1.807) is 36.4 Å². The normalized spacial score (nSPS) is 16.5. The molecule has 1 rings (SSSR count). The first-order valence-electron chi connectivity index (χ1n) is 14.2. The summed E-state index contributed by atoms with van der Waals surface area (Å²) in [5, 5.41) is 12.3. The van der Waals surface area contributed by atoms with E-state index in [1.807, 2.05) is 48.5 Å². The van der Waals surface area contributed by atoms with Gasteiger partial charge in [0.05, 0.1) is 24.2 Å². The molecular formula is C29H52IN5O5. The summed E-state index contributed by atoms with van der Waals surface area (Å²) in [5.41, 5.74) is 2.78. The first-order valence-corrected chi connectivity index (χ1v) is 15.3. The molecule has 1 saturated carbocycles. The third kappa shape index (κ3) is 11.8. The Morgan fingerprint density at radius 3 is 1.73 bits per heavy atom. The Morgan fingerprint density at radius 1 is 0.800 bits per heavy atom. The fourth-order valence-electron chi connectivity index (χ4n) is 4.53. The minimum absolute atomic E-state index is 0.0568. The highest BCUT2D eigenvalue weighted by Crippen LogP contribution is 2.35. The minimum Gasteiger partial charge on any atom is -0.353 e. The number of ketones is 2. The van der Waals surface area contributed by atoms with E-state index in [0.717, 1.165) is 19.3 Å². The highest BCUT2D eigenvalue weighted by Gasteiger charge is 2.48. The summed E-state index contributed by atoms with van der Waals surface area (Å²) in [6, 6.07) is -1.17. The predicted octanol–water partition coefficient (Wildman–Crippen LogP) is 2.69. The molecule has 1 aliphatic rings. The van der Waals surface area contributed by atoms with Crippen molar-refractivity contribution in [3.05, 3.63) is 0 Å². The zero-order valence-corrected chi connectivity index (χ0v) is 28.0. The van der Waals surface area contributed by atoms with Crippen molar-refractivity contribution in [1.29, 1.82) is 0 Å². The second kappa shape index (κ2) is 14.6. The molecule has 0 bridgehead atoms. The first-order chi connectivity index (χ1) is 18.1. The molecule has 0 spiro atoms. The van der Waals surface area contributed by atoms with E-state index >= 15 is 0 Å². The van der Waals surface area contributed by atoms with Crippen molar-refractivity contribution < 1.29 is 24.0 Å². The Kier molecular flexibility index (Phi) is 13.4. The summed E-state index contributed by atoms with van der Waals surface area (Å²) in [4.78, 5) is 63.5. The van der Waals surface area contributed by atoms with Gasteiger partial charge in [-0.15, -0.1) is 0 Å². The van der Waals surface area contributed by atoms with Crippen molar-refractivity contribution in [3.8, 4) is 0 Å². The Labute approximate surface area is 254 Å². The van der Waals surface area contributed by atoms with Crippen LogP contribution in [-0.4, -0.2) is 68.5 Å². The van der Waals surface area contributed by atoms with E-state index < -0.39 is 34.1 Å². The van der Waals surface area contributed by atoms with E-state index in [4.69, 9.17) is 5.73 Å². The van der Waals surface area contributed by atoms with Crippen LogP contribution in [0.4, 0.5) is 0 Å². The number of carbonyl (C=O) groups is 5. The molecule has 40 heavy (non-hydrogen) atoms. The lowest BCUT2D eigenvalue weighted by molar-refractivity contribution is -0.136. The van der Waals surface area contributed by atoms with Gasteiger partial charge in [-0.2, -0.15) is 0 Å². The maximum absolute atomic E-state index is 14.1. The van der Waals surface area contributed by atoms with Crippen LogP contribution in [0.5, 0.6) is 0 Å². The second-order valence-corrected chi connectivity index (χ2v) is 15.0. The molecule has 0 aromatic carbocycles. The highest BCUT2D eigenvalue weighted by molar-refractivity contribution is 14.1. The van der Waals surface area contributed by atoms with Crippen molar-refractivity contribution in [1.82, 2.24) is 21.3 Å². The lowest BCUT2D eigenvalue weighted by atomic mass is 9.68. The van der Waals surface area contributed by atoms with Gasteiger partial charge in [-0.05, 0) is 80.6 Å². The van der Waals surface area contributed by atoms with Gasteiger partial charge >= 0.3 is 0 Å². The number of rotatable bonds is 17. The maximum Gasteiger partial charge on any atom is 0.220 e. The van der Waals surface area contributed by atoms with E-state index in [1.165, 1.54) is 0 Å². The molecule has 6 N–H and O–H groups in total. The molecule has 2 amide bonds. The quantitative estimate of drug-likeness (QED) is 0.116. The average Bonchev–Trinajstić information content (AvgIpc) is 2.77. The van der Waals surface area contributed by atoms with E-state index in [0.29, 0.717) is 0 Å². The number of nitrogens with one attached hydrogen (secondary N) is 4. The molecule has 2 atom stereocenters. The molecule has 2 unspecified atom stereocenters. The van der Waals surface area contributed by atoms with Gasteiger partial charge < -0.3 is 27.0 Å². The topological polar surface area (TPSA) is 159 Å². The number of hydrogen-bond acceptors (Lipinski definition) is 8. The van der Waals surface area contributed by atoms with Crippen LogP contribution in [0.15, 0.2) is 0 Å². The van der Waals surface area contributed by atoms with Gasteiger partial charge in [-0.25, -0.2) is 0 Å². The number of nitrogens with two attached hydrogens (primary N) is 1. The molecule has 11 heteroatoms. The van der Waals surface area contributed by atoms with Crippen LogP contribution in [0.3, 0.4) is 0 Å². The van der Waals surface area contributed by atoms with Gasteiger partial charge in [0.25, 0.3) is 0 Å². The first kappa shape index (κ1) is 36.6. The zero-order valence-electron chi connectivity index (χ0n) is 25.9. The number of halogens is 1.